The molecule has 0 radical (unpaired) electrons. The molecule has 1 atom stereocenters. The van der Waals surface area contributed by atoms with Crippen molar-refractivity contribution >= 4 is 16.7 Å². The first kappa shape index (κ1) is 15.6. The molecule has 1 aliphatic rings. The highest BCUT2D eigenvalue weighted by Gasteiger charge is 2.21. The van der Waals surface area contributed by atoms with Crippen LogP contribution in [-0.4, -0.2) is 19.5 Å². The first-order chi connectivity index (χ1) is 13.3. The van der Waals surface area contributed by atoms with Crippen LogP contribution in [0.25, 0.3) is 22.2 Å². The van der Waals surface area contributed by atoms with Crippen LogP contribution in [-0.2, 0) is 6.54 Å². The van der Waals surface area contributed by atoms with Gasteiger partial charge in [0.1, 0.15) is 17.2 Å². The number of benzene rings is 1. The Morgan fingerprint density at radius 2 is 2.04 bits per heavy atom. The van der Waals surface area contributed by atoms with Gasteiger partial charge in [-0.3, -0.25) is 0 Å². The van der Waals surface area contributed by atoms with Crippen LogP contribution in [0.1, 0.15) is 23.7 Å². The number of imidazole rings is 1. The van der Waals surface area contributed by atoms with Crippen LogP contribution in [0.2, 0.25) is 0 Å². The second kappa shape index (κ2) is 6.26. The van der Waals surface area contributed by atoms with E-state index in [1.165, 1.54) is 0 Å². The van der Waals surface area contributed by atoms with Crippen LogP contribution < -0.4 is 5.73 Å². The molecule has 0 saturated heterocycles. The van der Waals surface area contributed by atoms with Crippen molar-refractivity contribution in [1.82, 2.24) is 19.5 Å². The van der Waals surface area contributed by atoms with E-state index >= 15 is 0 Å². The third-order valence-corrected chi connectivity index (χ3v) is 4.90. The van der Waals surface area contributed by atoms with Gasteiger partial charge in [0, 0.05) is 41.6 Å². The predicted molar refractivity (Wildman–Crippen MR) is 106 cm³/mol. The third-order valence-electron chi connectivity index (χ3n) is 4.90. The SMILES string of the molecule is Nc1nccc2ccc(-c3cccc(C#C[C@@H]4CCn5ccnc54)c3)nc12. The summed E-state index contributed by atoms with van der Waals surface area (Å²) in [7, 11) is 0. The van der Waals surface area contributed by atoms with E-state index in [4.69, 9.17) is 10.7 Å². The van der Waals surface area contributed by atoms with Crippen LogP contribution in [0.4, 0.5) is 5.82 Å². The van der Waals surface area contributed by atoms with Gasteiger partial charge >= 0.3 is 0 Å². The molecule has 0 spiro atoms. The normalized spacial score (nSPS) is 15.3. The first-order valence-corrected chi connectivity index (χ1v) is 8.92. The van der Waals surface area contributed by atoms with E-state index in [-0.39, 0.29) is 5.92 Å². The van der Waals surface area contributed by atoms with Gasteiger partial charge < -0.3 is 10.3 Å². The van der Waals surface area contributed by atoms with E-state index in [1.54, 1.807) is 6.20 Å². The molecule has 130 valence electrons. The smallest absolute Gasteiger partial charge is 0.149 e. The molecule has 4 heterocycles. The number of nitrogens with two attached hydrogens (primary N) is 1. The largest absolute Gasteiger partial charge is 0.382 e. The lowest BCUT2D eigenvalue weighted by atomic mass is 10.0. The maximum Gasteiger partial charge on any atom is 0.149 e. The zero-order valence-electron chi connectivity index (χ0n) is 14.6. The molecule has 5 rings (SSSR count). The van der Waals surface area contributed by atoms with E-state index < -0.39 is 0 Å². The monoisotopic (exact) mass is 351 g/mol. The Bertz CT molecular complexity index is 1210. The molecule has 0 bridgehead atoms. The van der Waals surface area contributed by atoms with Crippen molar-refractivity contribution in [2.75, 3.05) is 5.73 Å². The number of anilines is 1. The number of pyridine rings is 2. The molecule has 5 nitrogen and oxygen atoms in total. The van der Waals surface area contributed by atoms with Crippen LogP contribution in [0.15, 0.2) is 61.1 Å². The number of hydrogen-bond acceptors (Lipinski definition) is 4. The van der Waals surface area contributed by atoms with E-state index in [9.17, 15) is 0 Å². The fraction of sp³-hybridized carbons (Fsp3) is 0.136. The standard InChI is InChI=1S/C22H17N5/c23-21-20-16(8-10-24-21)6-7-19(26-20)18-3-1-2-15(14-18)4-5-17-9-12-27-13-11-25-22(17)27/h1-3,6-8,10-11,13-14,17H,9,12H2,(H2,23,24)/t17-/m1/s1. The molecule has 0 saturated carbocycles. The lowest BCUT2D eigenvalue weighted by Crippen LogP contribution is -1.94. The summed E-state index contributed by atoms with van der Waals surface area (Å²) in [5, 5.41) is 0.985. The van der Waals surface area contributed by atoms with Gasteiger partial charge in [0.25, 0.3) is 0 Å². The molecule has 0 amide bonds. The maximum atomic E-state index is 5.98. The number of rotatable bonds is 1. The van der Waals surface area contributed by atoms with Crippen molar-refractivity contribution < 1.29 is 0 Å². The first-order valence-electron chi connectivity index (χ1n) is 8.92. The number of nitrogen functional groups attached to an aromatic ring is 1. The summed E-state index contributed by atoms with van der Waals surface area (Å²) >= 11 is 0. The number of fused-ring (bicyclic) bond motifs is 2. The second-order valence-corrected chi connectivity index (χ2v) is 6.63. The summed E-state index contributed by atoms with van der Waals surface area (Å²) in [6.45, 7) is 0.991. The molecule has 1 aromatic carbocycles. The fourth-order valence-electron chi connectivity index (χ4n) is 3.51. The van der Waals surface area contributed by atoms with E-state index in [2.05, 4.69) is 32.4 Å². The lowest BCUT2D eigenvalue weighted by molar-refractivity contribution is 0.735. The molecule has 0 aliphatic carbocycles. The summed E-state index contributed by atoms with van der Waals surface area (Å²) in [6.07, 6.45) is 6.58. The minimum Gasteiger partial charge on any atom is -0.382 e. The van der Waals surface area contributed by atoms with E-state index in [0.29, 0.717) is 5.82 Å². The summed E-state index contributed by atoms with van der Waals surface area (Å²) in [6, 6.07) is 14.1. The average molecular weight is 351 g/mol. The van der Waals surface area contributed by atoms with Gasteiger partial charge in [0.2, 0.25) is 0 Å². The minimum absolute atomic E-state index is 0.202. The third kappa shape index (κ3) is 2.81. The number of aryl methyl sites for hydroxylation is 1. The molecule has 0 unspecified atom stereocenters. The van der Waals surface area contributed by atoms with Crippen molar-refractivity contribution in [3.05, 3.63) is 72.4 Å². The molecular weight excluding hydrogens is 334 g/mol. The number of nitrogens with zero attached hydrogens (tertiary/aromatic N) is 4. The quantitative estimate of drug-likeness (QED) is 0.532. The summed E-state index contributed by atoms with van der Waals surface area (Å²) in [4.78, 5) is 13.3. The van der Waals surface area contributed by atoms with Crippen LogP contribution in [0.3, 0.4) is 0 Å². The summed E-state index contributed by atoms with van der Waals surface area (Å²) < 4.78 is 2.17. The summed E-state index contributed by atoms with van der Waals surface area (Å²) in [5.74, 6) is 8.40. The molecule has 27 heavy (non-hydrogen) atoms. The van der Waals surface area contributed by atoms with E-state index in [0.717, 1.165) is 46.5 Å². The van der Waals surface area contributed by atoms with Crippen LogP contribution in [0, 0.1) is 11.8 Å². The summed E-state index contributed by atoms with van der Waals surface area (Å²) in [5.41, 5.74) is 9.55. The van der Waals surface area contributed by atoms with Gasteiger partial charge in [-0.25, -0.2) is 15.0 Å². The zero-order valence-corrected chi connectivity index (χ0v) is 14.6. The van der Waals surface area contributed by atoms with Gasteiger partial charge in [-0.15, -0.1) is 0 Å². The van der Waals surface area contributed by atoms with Gasteiger partial charge in [-0.1, -0.05) is 30.0 Å². The second-order valence-electron chi connectivity index (χ2n) is 6.63. The Morgan fingerprint density at radius 1 is 1.07 bits per heavy atom. The zero-order chi connectivity index (χ0) is 18.2. The molecule has 0 fully saturated rings. The number of hydrogen-bond donors (Lipinski definition) is 1. The van der Waals surface area contributed by atoms with Crippen LogP contribution >= 0.6 is 0 Å². The Hall–Kier alpha value is -3.65. The predicted octanol–water partition coefficient (Wildman–Crippen LogP) is 3.61. The average Bonchev–Trinajstić information content (AvgIpc) is 3.31. The maximum absolute atomic E-state index is 5.98. The van der Waals surface area contributed by atoms with E-state index in [1.807, 2.05) is 48.8 Å². The molecular formula is C22H17N5. The lowest BCUT2D eigenvalue weighted by Gasteiger charge is -2.05. The van der Waals surface area contributed by atoms with Crippen LogP contribution in [0.5, 0.6) is 0 Å². The molecule has 2 N–H and O–H groups in total. The topological polar surface area (TPSA) is 69.6 Å². The van der Waals surface area contributed by atoms with Crippen molar-refractivity contribution in [1.29, 1.82) is 0 Å². The molecule has 4 aromatic rings. The Labute approximate surface area is 156 Å². The minimum atomic E-state index is 0.202. The fourth-order valence-corrected chi connectivity index (χ4v) is 3.51. The highest BCUT2D eigenvalue weighted by molar-refractivity contribution is 5.88. The molecule has 3 aromatic heterocycles. The van der Waals surface area contributed by atoms with Gasteiger partial charge in [-0.05, 0) is 30.7 Å². The Balaban J connectivity index is 1.48. The van der Waals surface area contributed by atoms with Crippen molar-refractivity contribution in [2.24, 2.45) is 0 Å². The van der Waals surface area contributed by atoms with Gasteiger partial charge in [-0.2, -0.15) is 0 Å². The van der Waals surface area contributed by atoms with Crippen molar-refractivity contribution in [2.45, 2.75) is 18.9 Å². The highest BCUT2D eigenvalue weighted by atomic mass is 15.1. The van der Waals surface area contributed by atoms with Crippen molar-refractivity contribution in [3.63, 3.8) is 0 Å². The Kier molecular flexibility index (Phi) is 3.61. The molecule has 1 aliphatic heterocycles. The van der Waals surface area contributed by atoms with Crippen molar-refractivity contribution in [3.8, 4) is 23.1 Å². The van der Waals surface area contributed by atoms with Gasteiger partial charge in [0.05, 0.1) is 11.6 Å². The highest BCUT2D eigenvalue weighted by Crippen LogP contribution is 2.26. The number of aromatic nitrogens is 4. The Morgan fingerprint density at radius 3 is 3.00 bits per heavy atom. The molecule has 5 heteroatoms. The van der Waals surface area contributed by atoms with Gasteiger partial charge in [0.15, 0.2) is 0 Å².